The number of likely N-dealkylation sites (tertiary alicyclic amines) is 1. The van der Waals surface area contributed by atoms with Crippen LogP contribution in [-0.2, 0) is 4.79 Å². The van der Waals surface area contributed by atoms with Crippen LogP contribution in [-0.4, -0.2) is 40.4 Å². The number of aromatic amines is 1. The molecule has 0 atom stereocenters. The number of amides is 1. The van der Waals surface area contributed by atoms with E-state index in [9.17, 15) is 9.18 Å². The molecule has 0 aliphatic carbocycles. The summed E-state index contributed by atoms with van der Waals surface area (Å²) in [5.41, 5.74) is 11.0. The zero-order valence-corrected chi connectivity index (χ0v) is 17.8. The van der Waals surface area contributed by atoms with Crippen molar-refractivity contribution in [2.24, 2.45) is 5.73 Å². The summed E-state index contributed by atoms with van der Waals surface area (Å²) in [6, 6.07) is 8.36. The van der Waals surface area contributed by atoms with Crippen molar-refractivity contribution in [2.45, 2.75) is 45.4 Å². The van der Waals surface area contributed by atoms with Gasteiger partial charge in [-0.25, -0.2) is 4.39 Å². The van der Waals surface area contributed by atoms with E-state index in [1.807, 2.05) is 6.92 Å². The highest BCUT2D eigenvalue weighted by Gasteiger charge is 2.24. The van der Waals surface area contributed by atoms with E-state index in [-0.39, 0.29) is 17.6 Å². The number of aryl methyl sites for hydroxylation is 1. The van der Waals surface area contributed by atoms with E-state index in [4.69, 9.17) is 5.73 Å². The van der Waals surface area contributed by atoms with Crippen molar-refractivity contribution in [3.8, 4) is 11.3 Å². The first-order valence-corrected chi connectivity index (χ1v) is 10.6. The topological polar surface area (TPSA) is 75.0 Å². The number of fused-ring (bicyclic) bond motifs is 1. The van der Waals surface area contributed by atoms with Gasteiger partial charge in [-0.2, -0.15) is 0 Å². The number of carbonyl (C=O) groups is 1. The molecule has 6 heteroatoms. The largest absolute Gasteiger partial charge is 0.369 e. The smallest absolute Gasteiger partial charge is 0.231 e. The number of piperidine rings is 1. The second kappa shape index (κ2) is 8.19. The molecule has 0 bridgehead atoms. The first-order chi connectivity index (χ1) is 14.3. The van der Waals surface area contributed by atoms with E-state index in [2.05, 4.69) is 46.9 Å². The molecule has 1 amide bonds. The van der Waals surface area contributed by atoms with Gasteiger partial charge in [0.05, 0.1) is 18.4 Å². The normalized spacial score (nSPS) is 15.9. The van der Waals surface area contributed by atoms with Crippen molar-refractivity contribution >= 4 is 16.8 Å². The molecule has 3 N–H and O–H groups in total. The Balaban J connectivity index is 1.70. The number of pyridine rings is 1. The summed E-state index contributed by atoms with van der Waals surface area (Å²) in [4.78, 5) is 20.8. The number of carbonyl (C=O) groups excluding carboxylic acids is 1. The molecule has 0 saturated carbocycles. The molecule has 30 heavy (non-hydrogen) atoms. The van der Waals surface area contributed by atoms with E-state index in [1.54, 1.807) is 6.07 Å². The van der Waals surface area contributed by atoms with Gasteiger partial charge in [0, 0.05) is 22.2 Å². The number of aromatic nitrogens is 2. The third kappa shape index (κ3) is 3.97. The lowest BCUT2D eigenvalue weighted by molar-refractivity contribution is -0.119. The maximum Gasteiger partial charge on any atom is 0.231 e. The lowest BCUT2D eigenvalue weighted by atomic mass is 9.87. The third-order valence-corrected chi connectivity index (χ3v) is 6.14. The minimum atomic E-state index is -0.309. The summed E-state index contributed by atoms with van der Waals surface area (Å²) in [6.07, 6.45) is 3.31. The molecular weight excluding hydrogens is 379 g/mol. The van der Waals surface area contributed by atoms with Gasteiger partial charge in [0.25, 0.3) is 0 Å². The molecule has 3 heterocycles. The molecule has 1 saturated heterocycles. The second-order valence-corrected chi connectivity index (χ2v) is 8.70. The first kappa shape index (κ1) is 20.5. The number of nitrogens with zero attached hydrogens (tertiary/aromatic N) is 2. The summed E-state index contributed by atoms with van der Waals surface area (Å²) in [6.45, 7) is 8.26. The summed E-state index contributed by atoms with van der Waals surface area (Å²) in [5, 5.41) is 1.16. The molecule has 2 aromatic heterocycles. The summed E-state index contributed by atoms with van der Waals surface area (Å²) in [5.74, 6) is 0.122. The fraction of sp³-hybridized carbons (Fsp3) is 0.417. The van der Waals surface area contributed by atoms with E-state index >= 15 is 0 Å². The monoisotopic (exact) mass is 408 g/mol. The Morgan fingerprint density at radius 2 is 2.03 bits per heavy atom. The maximum absolute atomic E-state index is 14.6. The summed E-state index contributed by atoms with van der Waals surface area (Å²) < 4.78 is 14.6. The molecule has 4 rings (SSSR count). The molecule has 158 valence electrons. The minimum absolute atomic E-state index is 0.245. The molecule has 3 aromatic rings. The van der Waals surface area contributed by atoms with Gasteiger partial charge in [-0.3, -0.25) is 14.7 Å². The van der Waals surface area contributed by atoms with Crippen molar-refractivity contribution in [3.05, 3.63) is 53.1 Å². The molecule has 5 nitrogen and oxygen atoms in total. The number of hydrogen-bond acceptors (Lipinski definition) is 3. The fourth-order valence-electron chi connectivity index (χ4n) is 4.68. The molecule has 1 aliphatic heterocycles. The van der Waals surface area contributed by atoms with Crippen LogP contribution in [0.1, 0.15) is 55.3 Å². The zero-order chi connectivity index (χ0) is 21.4. The van der Waals surface area contributed by atoms with Gasteiger partial charge in [-0.15, -0.1) is 0 Å². The Hall–Kier alpha value is -2.73. The van der Waals surface area contributed by atoms with Crippen molar-refractivity contribution in [3.63, 3.8) is 0 Å². The molecule has 1 fully saturated rings. The van der Waals surface area contributed by atoms with Gasteiger partial charge in [0.15, 0.2) is 5.82 Å². The standard InChI is InChI=1S/C24H29FN4O/c1-14(2)23-19-11-17(16-6-8-29(9-7-16)13-22(26)30)4-5-21(19)28-24(23)18-10-15(3)27-12-20(18)25/h4-5,10-12,14,16,28H,6-9,13H2,1-3H3,(H2,26,30). The average molecular weight is 409 g/mol. The number of hydrogen-bond donors (Lipinski definition) is 2. The fourth-order valence-corrected chi connectivity index (χ4v) is 4.68. The Bertz CT molecular complexity index is 1080. The highest BCUT2D eigenvalue weighted by atomic mass is 19.1. The van der Waals surface area contributed by atoms with Crippen LogP contribution in [0, 0.1) is 12.7 Å². The predicted octanol–water partition coefficient (Wildman–Crippen LogP) is 4.47. The van der Waals surface area contributed by atoms with Gasteiger partial charge in [0.2, 0.25) is 5.91 Å². The van der Waals surface area contributed by atoms with Crippen molar-refractivity contribution < 1.29 is 9.18 Å². The van der Waals surface area contributed by atoms with E-state index in [1.165, 1.54) is 11.8 Å². The zero-order valence-electron chi connectivity index (χ0n) is 17.8. The van der Waals surface area contributed by atoms with Gasteiger partial charge >= 0.3 is 0 Å². The Kier molecular flexibility index (Phi) is 5.60. The van der Waals surface area contributed by atoms with Gasteiger partial charge in [0.1, 0.15) is 0 Å². The third-order valence-electron chi connectivity index (χ3n) is 6.14. The van der Waals surface area contributed by atoms with E-state index < -0.39 is 0 Å². The lowest BCUT2D eigenvalue weighted by Crippen LogP contribution is -2.39. The Morgan fingerprint density at radius 1 is 1.30 bits per heavy atom. The number of H-pyrrole nitrogens is 1. The number of nitrogens with one attached hydrogen (secondary N) is 1. The predicted molar refractivity (Wildman–Crippen MR) is 118 cm³/mol. The van der Waals surface area contributed by atoms with Crippen LogP contribution in [0.15, 0.2) is 30.5 Å². The number of nitrogens with two attached hydrogens (primary N) is 1. The Labute approximate surface area is 176 Å². The Morgan fingerprint density at radius 3 is 2.70 bits per heavy atom. The van der Waals surface area contributed by atoms with Crippen LogP contribution in [0.3, 0.4) is 0 Å². The lowest BCUT2D eigenvalue weighted by Gasteiger charge is -2.31. The van der Waals surface area contributed by atoms with Crippen molar-refractivity contribution in [1.82, 2.24) is 14.9 Å². The van der Waals surface area contributed by atoms with Crippen LogP contribution in [0.25, 0.3) is 22.2 Å². The van der Waals surface area contributed by atoms with Crippen molar-refractivity contribution in [2.75, 3.05) is 19.6 Å². The molecule has 1 aromatic carbocycles. The molecule has 0 radical (unpaired) electrons. The highest BCUT2D eigenvalue weighted by Crippen LogP contribution is 2.39. The van der Waals surface area contributed by atoms with Crippen molar-refractivity contribution in [1.29, 1.82) is 0 Å². The maximum atomic E-state index is 14.6. The number of benzene rings is 1. The SMILES string of the molecule is Cc1cc(-c2[nH]c3ccc(C4CCN(CC(N)=O)CC4)cc3c2C(C)C)c(F)cn1. The molecular formula is C24H29FN4O. The number of primary amides is 1. The van der Waals surface area contributed by atoms with Gasteiger partial charge in [-0.05, 0) is 74.0 Å². The number of halogens is 1. The van der Waals surface area contributed by atoms with Gasteiger partial charge < -0.3 is 10.7 Å². The molecule has 0 unspecified atom stereocenters. The van der Waals surface area contributed by atoms with Crippen LogP contribution < -0.4 is 5.73 Å². The average Bonchev–Trinajstić information content (AvgIpc) is 3.08. The summed E-state index contributed by atoms with van der Waals surface area (Å²) in [7, 11) is 0. The van der Waals surface area contributed by atoms with Crippen LogP contribution in [0.5, 0.6) is 0 Å². The molecule has 1 aliphatic rings. The first-order valence-electron chi connectivity index (χ1n) is 10.6. The van der Waals surface area contributed by atoms with E-state index in [0.717, 1.165) is 53.8 Å². The highest BCUT2D eigenvalue weighted by molar-refractivity contribution is 5.92. The summed E-state index contributed by atoms with van der Waals surface area (Å²) >= 11 is 0. The van der Waals surface area contributed by atoms with Gasteiger partial charge in [-0.1, -0.05) is 19.9 Å². The number of rotatable bonds is 5. The minimum Gasteiger partial charge on any atom is -0.369 e. The van der Waals surface area contributed by atoms with Crippen LogP contribution in [0.4, 0.5) is 4.39 Å². The second-order valence-electron chi connectivity index (χ2n) is 8.70. The quantitative estimate of drug-likeness (QED) is 0.654. The van der Waals surface area contributed by atoms with E-state index in [0.29, 0.717) is 18.0 Å². The van der Waals surface area contributed by atoms with Crippen LogP contribution in [0.2, 0.25) is 0 Å². The molecule has 0 spiro atoms. The van der Waals surface area contributed by atoms with Crippen LogP contribution >= 0.6 is 0 Å².